The van der Waals surface area contributed by atoms with Crippen molar-refractivity contribution < 1.29 is 23.9 Å². The summed E-state index contributed by atoms with van der Waals surface area (Å²) in [4.78, 5) is 50.8. The van der Waals surface area contributed by atoms with Gasteiger partial charge in [0.1, 0.15) is 6.04 Å². The third-order valence-corrected chi connectivity index (χ3v) is 5.74. The second kappa shape index (κ2) is 13.6. The molecule has 3 aromatic rings. The van der Waals surface area contributed by atoms with Crippen molar-refractivity contribution in [3.8, 4) is 0 Å². The molecule has 0 saturated heterocycles. The second-order valence-electron chi connectivity index (χ2n) is 8.40. The van der Waals surface area contributed by atoms with E-state index in [2.05, 4.69) is 10.6 Å². The number of Topliss-reactive ketones (excluding diaryl/α,β-unsaturated/α-hetero) is 1. The van der Waals surface area contributed by atoms with Crippen LogP contribution >= 0.6 is 0 Å². The molecule has 3 rings (SSSR count). The van der Waals surface area contributed by atoms with Gasteiger partial charge in [-0.05, 0) is 24.1 Å². The molecule has 7 heteroatoms. The van der Waals surface area contributed by atoms with Gasteiger partial charge in [-0.25, -0.2) is 0 Å². The van der Waals surface area contributed by atoms with Gasteiger partial charge in [0.25, 0.3) is 5.91 Å². The van der Waals surface area contributed by atoms with Gasteiger partial charge in [0.15, 0.2) is 5.78 Å². The van der Waals surface area contributed by atoms with Gasteiger partial charge in [0.2, 0.25) is 5.91 Å². The van der Waals surface area contributed by atoms with E-state index in [-0.39, 0.29) is 37.4 Å². The van der Waals surface area contributed by atoms with Gasteiger partial charge in [-0.1, -0.05) is 78.9 Å². The number of carbonyl (C=O) groups is 4. The average Bonchev–Trinajstić information content (AvgIpc) is 2.92. The summed E-state index contributed by atoms with van der Waals surface area (Å²) in [5.74, 6) is -1.39. The zero-order valence-corrected chi connectivity index (χ0v) is 20.2. The second-order valence-corrected chi connectivity index (χ2v) is 8.40. The standard InChI is InChI=1S/C29H30N2O5/c1-36-27(33)18-17-24(20-26(32)22-13-7-3-8-14-22)30-29(35)25(19-21-11-5-2-6-12-21)31-28(34)23-15-9-4-10-16-23/h2-16,24-25H,17-20H2,1H3,(H,30,35)(H,31,34)/t24?,25-/m0/s1. The molecule has 0 fully saturated rings. The number of nitrogens with one attached hydrogen (secondary N) is 2. The van der Waals surface area contributed by atoms with E-state index in [1.807, 2.05) is 36.4 Å². The molecule has 0 aliphatic rings. The lowest BCUT2D eigenvalue weighted by Crippen LogP contribution is -2.51. The zero-order valence-electron chi connectivity index (χ0n) is 20.2. The molecule has 36 heavy (non-hydrogen) atoms. The molecule has 0 aromatic heterocycles. The minimum absolute atomic E-state index is 0.0113. The van der Waals surface area contributed by atoms with Crippen LogP contribution in [0, 0.1) is 0 Å². The van der Waals surface area contributed by atoms with Gasteiger partial charge in [0, 0.05) is 36.4 Å². The van der Waals surface area contributed by atoms with Crippen molar-refractivity contribution in [1.82, 2.24) is 10.6 Å². The zero-order chi connectivity index (χ0) is 25.8. The summed E-state index contributed by atoms with van der Waals surface area (Å²) in [5.41, 5.74) is 1.83. The summed E-state index contributed by atoms with van der Waals surface area (Å²) in [6, 6.07) is 25.3. The smallest absolute Gasteiger partial charge is 0.305 e. The normalized spacial score (nSPS) is 12.1. The number of hydrogen-bond acceptors (Lipinski definition) is 5. The van der Waals surface area contributed by atoms with Crippen molar-refractivity contribution in [3.05, 3.63) is 108 Å². The Balaban J connectivity index is 1.77. The summed E-state index contributed by atoms with van der Waals surface area (Å²) in [7, 11) is 1.29. The lowest BCUT2D eigenvalue weighted by atomic mass is 9.99. The third-order valence-electron chi connectivity index (χ3n) is 5.74. The Morgan fingerprint density at radius 3 is 1.89 bits per heavy atom. The van der Waals surface area contributed by atoms with Gasteiger partial charge in [-0.2, -0.15) is 0 Å². The number of ether oxygens (including phenoxy) is 1. The number of ketones is 1. The third kappa shape index (κ3) is 8.20. The molecule has 2 N–H and O–H groups in total. The molecule has 7 nitrogen and oxygen atoms in total. The topological polar surface area (TPSA) is 102 Å². The van der Waals surface area contributed by atoms with E-state index in [0.29, 0.717) is 11.1 Å². The number of hydrogen-bond donors (Lipinski definition) is 2. The summed E-state index contributed by atoms with van der Waals surface area (Å²) in [6.07, 6.45) is 0.546. The first-order valence-electron chi connectivity index (χ1n) is 11.8. The van der Waals surface area contributed by atoms with E-state index in [0.717, 1.165) is 5.56 Å². The number of esters is 1. The molecular formula is C29H30N2O5. The molecule has 1 unspecified atom stereocenters. The maximum Gasteiger partial charge on any atom is 0.305 e. The fraction of sp³-hybridized carbons (Fsp3) is 0.241. The lowest BCUT2D eigenvalue weighted by Gasteiger charge is -2.23. The largest absolute Gasteiger partial charge is 0.469 e. The van der Waals surface area contributed by atoms with E-state index < -0.39 is 24.0 Å². The SMILES string of the molecule is COC(=O)CCC(CC(=O)c1ccccc1)NC(=O)[C@H](Cc1ccccc1)NC(=O)c1ccccc1. The molecule has 0 aliphatic heterocycles. The van der Waals surface area contributed by atoms with Gasteiger partial charge in [0.05, 0.1) is 7.11 Å². The Kier molecular flexibility index (Phi) is 9.94. The summed E-state index contributed by atoms with van der Waals surface area (Å²) >= 11 is 0. The fourth-order valence-corrected chi connectivity index (χ4v) is 3.78. The predicted octanol–water partition coefficient (Wildman–Crippen LogP) is 3.74. The maximum atomic E-state index is 13.4. The molecule has 0 heterocycles. The molecule has 0 saturated carbocycles. The van der Waals surface area contributed by atoms with Crippen LogP contribution in [0.25, 0.3) is 0 Å². The molecule has 0 spiro atoms. The predicted molar refractivity (Wildman–Crippen MR) is 136 cm³/mol. The minimum Gasteiger partial charge on any atom is -0.469 e. The number of methoxy groups -OCH3 is 1. The van der Waals surface area contributed by atoms with Crippen LogP contribution in [0.1, 0.15) is 45.5 Å². The Morgan fingerprint density at radius 2 is 1.31 bits per heavy atom. The number of benzene rings is 3. The molecule has 0 bridgehead atoms. The Bertz CT molecular complexity index is 1150. The molecule has 186 valence electrons. The molecular weight excluding hydrogens is 456 g/mol. The highest BCUT2D eigenvalue weighted by Gasteiger charge is 2.26. The Labute approximate surface area is 210 Å². The van der Waals surface area contributed by atoms with Crippen molar-refractivity contribution in [2.24, 2.45) is 0 Å². The van der Waals surface area contributed by atoms with Crippen LogP contribution in [0.5, 0.6) is 0 Å². The van der Waals surface area contributed by atoms with E-state index in [1.165, 1.54) is 7.11 Å². The van der Waals surface area contributed by atoms with Gasteiger partial charge in [-0.15, -0.1) is 0 Å². The molecule has 2 amide bonds. The first-order chi connectivity index (χ1) is 17.5. The highest BCUT2D eigenvalue weighted by Crippen LogP contribution is 2.12. The van der Waals surface area contributed by atoms with Crippen LogP contribution in [0.15, 0.2) is 91.0 Å². The maximum absolute atomic E-state index is 13.4. The van der Waals surface area contributed by atoms with Gasteiger partial charge in [-0.3, -0.25) is 19.2 Å². The van der Waals surface area contributed by atoms with Crippen LogP contribution in [0.2, 0.25) is 0 Å². The number of amides is 2. The highest BCUT2D eigenvalue weighted by atomic mass is 16.5. The average molecular weight is 487 g/mol. The number of rotatable bonds is 12. The molecule has 2 atom stereocenters. The van der Waals surface area contributed by atoms with E-state index in [9.17, 15) is 19.2 Å². The van der Waals surface area contributed by atoms with Crippen molar-refractivity contribution in [2.75, 3.05) is 7.11 Å². The van der Waals surface area contributed by atoms with E-state index >= 15 is 0 Å². The minimum atomic E-state index is -0.882. The van der Waals surface area contributed by atoms with Crippen LogP contribution in [0.4, 0.5) is 0 Å². The summed E-state index contributed by atoms with van der Waals surface area (Å²) < 4.78 is 4.73. The summed E-state index contributed by atoms with van der Waals surface area (Å²) in [6.45, 7) is 0. The van der Waals surface area contributed by atoms with Gasteiger partial charge < -0.3 is 15.4 Å². The molecule has 0 radical (unpaired) electrons. The van der Waals surface area contributed by atoms with Crippen molar-refractivity contribution >= 4 is 23.6 Å². The fourth-order valence-electron chi connectivity index (χ4n) is 3.78. The van der Waals surface area contributed by atoms with Crippen LogP contribution in [-0.2, 0) is 20.7 Å². The van der Waals surface area contributed by atoms with Crippen molar-refractivity contribution in [3.63, 3.8) is 0 Å². The van der Waals surface area contributed by atoms with Crippen LogP contribution in [0.3, 0.4) is 0 Å². The van der Waals surface area contributed by atoms with Crippen molar-refractivity contribution in [2.45, 2.75) is 37.8 Å². The lowest BCUT2D eigenvalue weighted by molar-refractivity contribution is -0.141. The van der Waals surface area contributed by atoms with Crippen LogP contribution < -0.4 is 10.6 Å². The van der Waals surface area contributed by atoms with Gasteiger partial charge >= 0.3 is 5.97 Å². The monoisotopic (exact) mass is 486 g/mol. The molecule has 0 aliphatic carbocycles. The molecule has 3 aromatic carbocycles. The van der Waals surface area contributed by atoms with Crippen molar-refractivity contribution in [1.29, 1.82) is 0 Å². The first kappa shape index (κ1) is 26.3. The summed E-state index contributed by atoms with van der Waals surface area (Å²) in [5, 5.41) is 5.71. The Hall–Kier alpha value is -4.26. The first-order valence-corrected chi connectivity index (χ1v) is 11.8. The van der Waals surface area contributed by atoms with E-state index in [4.69, 9.17) is 4.74 Å². The quantitative estimate of drug-likeness (QED) is 0.300. The Morgan fingerprint density at radius 1 is 0.750 bits per heavy atom. The number of carbonyl (C=O) groups excluding carboxylic acids is 4. The van der Waals surface area contributed by atoms with E-state index in [1.54, 1.807) is 54.6 Å². The highest BCUT2D eigenvalue weighted by molar-refractivity contribution is 5.98. The van der Waals surface area contributed by atoms with Crippen LogP contribution in [-0.4, -0.2) is 42.8 Å².